The quantitative estimate of drug-likeness (QED) is 0.305. The van der Waals surface area contributed by atoms with E-state index >= 15 is 0 Å². The van der Waals surface area contributed by atoms with Crippen LogP contribution in [0.2, 0.25) is 0 Å². The Balaban J connectivity index is 0. The number of hydrogen-bond donors (Lipinski definition) is 1. The minimum absolute atomic E-state index is 0. The van der Waals surface area contributed by atoms with Gasteiger partial charge in [0.05, 0.1) is 6.54 Å². The normalized spacial score (nSPS) is 10.7. The molecule has 0 aromatic heterocycles. The molecule has 23 heavy (non-hydrogen) atoms. The van der Waals surface area contributed by atoms with Gasteiger partial charge in [-0.3, -0.25) is 9.69 Å². The van der Waals surface area contributed by atoms with Gasteiger partial charge in [-0.05, 0) is 20.0 Å². The van der Waals surface area contributed by atoms with E-state index in [0.29, 0.717) is 0 Å². The number of carboxylic acid groups (broad SMARTS) is 1. The maximum atomic E-state index is 10.5. The molecule has 0 radical (unpaired) electrons. The molecule has 0 fully saturated rings. The first-order chi connectivity index (χ1) is 10.7. The van der Waals surface area contributed by atoms with Gasteiger partial charge in [0.25, 0.3) is 0 Å². The van der Waals surface area contributed by atoms with E-state index in [1.165, 1.54) is 83.5 Å². The molecule has 0 heterocycles. The molecule has 0 aliphatic rings. The predicted octanol–water partition coefficient (Wildman–Crippen LogP) is 4.84. The summed E-state index contributed by atoms with van der Waals surface area (Å²) in [5, 5.41) is 8.66. The van der Waals surface area contributed by atoms with Crippen LogP contribution in [0.3, 0.4) is 0 Å². The monoisotopic (exact) mass is 337 g/mol. The second-order valence-corrected chi connectivity index (χ2v) is 6.73. The minimum atomic E-state index is -0.729. The van der Waals surface area contributed by atoms with Crippen molar-refractivity contribution in [2.45, 2.75) is 96.8 Å². The third kappa shape index (κ3) is 22.4. The topological polar surface area (TPSA) is 40.5 Å². The Kier molecular flexibility index (Phi) is 22.8. The van der Waals surface area contributed by atoms with Gasteiger partial charge in [0, 0.05) is 0 Å². The number of nitrogens with zero attached hydrogens (tertiary/aromatic N) is 1. The van der Waals surface area contributed by atoms with Gasteiger partial charge in [-0.15, -0.1) is 0 Å². The summed E-state index contributed by atoms with van der Waals surface area (Å²) < 4.78 is 0. The molecule has 0 amide bonds. The Morgan fingerprint density at radius 2 is 1.09 bits per heavy atom. The molecule has 0 aromatic rings. The first-order valence-corrected chi connectivity index (χ1v) is 9.57. The van der Waals surface area contributed by atoms with Gasteiger partial charge < -0.3 is 5.11 Å². The van der Waals surface area contributed by atoms with E-state index in [-0.39, 0.29) is 36.1 Å². The van der Waals surface area contributed by atoms with Crippen LogP contribution < -0.4 is 0 Å². The summed E-state index contributed by atoms with van der Waals surface area (Å²) in [5.41, 5.74) is 0. The predicted molar refractivity (Wildman–Crippen MR) is 103 cm³/mol. The van der Waals surface area contributed by atoms with Crippen LogP contribution in [0.25, 0.3) is 0 Å². The summed E-state index contributed by atoms with van der Waals surface area (Å²) in [6, 6.07) is 0. The molecule has 0 aliphatic carbocycles. The molecule has 1 N–H and O–H groups in total. The number of likely N-dealkylation sites (N-methyl/N-ethyl adjacent to an activating group) is 1. The van der Waals surface area contributed by atoms with Crippen molar-refractivity contribution in [2.24, 2.45) is 0 Å². The average molecular weight is 338 g/mol. The Hall–Kier alpha value is 0.430. The average Bonchev–Trinajstić information content (AvgIpc) is 2.47. The molecular formula is C19H40NNaO2. The standard InChI is InChI=1S/C19H39NO2.Na.H/c1-3-4-5-6-7-8-9-10-11-12-13-14-15-16-17-20(2)18-19(21)22;;/h3-18H2,1-2H3,(H,21,22);;. The zero-order chi connectivity index (χ0) is 16.5. The molecule has 0 bridgehead atoms. The van der Waals surface area contributed by atoms with Crippen molar-refractivity contribution in [1.29, 1.82) is 0 Å². The summed E-state index contributed by atoms with van der Waals surface area (Å²) in [6.07, 6.45) is 19.1. The van der Waals surface area contributed by atoms with Gasteiger partial charge in [-0.2, -0.15) is 0 Å². The van der Waals surface area contributed by atoms with E-state index in [0.717, 1.165) is 13.0 Å². The fourth-order valence-corrected chi connectivity index (χ4v) is 2.89. The molecule has 0 spiro atoms. The Bertz CT molecular complexity index is 250. The second-order valence-electron chi connectivity index (χ2n) is 6.73. The van der Waals surface area contributed by atoms with E-state index < -0.39 is 5.97 Å². The number of carboxylic acids is 1. The first-order valence-electron chi connectivity index (χ1n) is 9.57. The molecule has 0 unspecified atom stereocenters. The Morgan fingerprint density at radius 1 is 0.739 bits per heavy atom. The van der Waals surface area contributed by atoms with Crippen molar-refractivity contribution in [3.05, 3.63) is 0 Å². The Morgan fingerprint density at radius 3 is 1.43 bits per heavy atom. The molecule has 4 heteroatoms. The van der Waals surface area contributed by atoms with Crippen LogP contribution >= 0.6 is 0 Å². The van der Waals surface area contributed by atoms with Crippen LogP contribution in [0.5, 0.6) is 0 Å². The summed E-state index contributed by atoms with van der Waals surface area (Å²) >= 11 is 0. The van der Waals surface area contributed by atoms with E-state index in [1.807, 2.05) is 11.9 Å². The van der Waals surface area contributed by atoms with Gasteiger partial charge in [0.2, 0.25) is 0 Å². The van der Waals surface area contributed by atoms with Crippen molar-refractivity contribution in [1.82, 2.24) is 4.90 Å². The summed E-state index contributed by atoms with van der Waals surface area (Å²) in [6.45, 7) is 3.34. The van der Waals surface area contributed by atoms with Crippen molar-refractivity contribution in [3.8, 4) is 0 Å². The number of unbranched alkanes of at least 4 members (excludes halogenated alkanes) is 13. The third-order valence-electron chi connectivity index (χ3n) is 4.30. The summed E-state index contributed by atoms with van der Waals surface area (Å²) in [5.74, 6) is -0.729. The molecule has 0 atom stereocenters. The number of carbonyl (C=O) groups is 1. The van der Waals surface area contributed by atoms with Crippen molar-refractivity contribution >= 4 is 35.5 Å². The summed E-state index contributed by atoms with van der Waals surface area (Å²) in [7, 11) is 1.89. The van der Waals surface area contributed by atoms with Crippen molar-refractivity contribution in [2.75, 3.05) is 20.1 Å². The van der Waals surface area contributed by atoms with Crippen LogP contribution in [0.4, 0.5) is 0 Å². The fourth-order valence-electron chi connectivity index (χ4n) is 2.89. The van der Waals surface area contributed by atoms with E-state index in [9.17, 15) is 4.79 Å². The fraction of sp³-hybridized carbons (Fsp3) is 0.947. The van der Waals surface area contributed by atoms with E-state index in [4.69, 9.17) is 5.11 Å². The molecular weight excluding hydrogens is 297 g/mol. The molecule has 0 aliphatic heterocycles. The number of hydrogen-bond acceptors (Lipinski definition) is 2. The maximum absolute atomic E-state index is 10.5. The van der Waals surface area contributed by atoms with Crippen LogP contribution in [0.1, 0.15) is 96.8 Å². The SMILES string of the molecule is CCCCCCCCCCCCCCCCN(C)CC(=O)O.[NaH]. The van der Waals surface area contributed by atoms with Gasteiger partial charge >= 0.3 is 35.5 Å². The van der Waals surface area contributed by atoms with Gasteiger partial charge in [-0.25, -0.2) is 0 Å². The van der Waals surface area contributed by atoms with Crippen molar-refractivity contribution < 1.29 is 9.90 Å². The molecule has 3 nitrogen and oxygen atoms in total. The van der Waals surface area contributed by atoms with Gasteiger partial charge in [0.15, 0.2) is 0 Å². The molecule has 0 saturated heterocycles. The van der Waals surface area contributed by atoms with Gasteiger partial charge in [0.1, 0.15) is 0 Å². The zero-order valence-electron chi connectivity index (χ0n) is 15.1. The first kappa shape index (κ1) is 25.7. The zero-order valence-corrected chi connectivity index (χ0v) is 15.1. The third-order valence-corrected chi connectivity index (χ3v) is 4.30. The number of rotatable bonds is 17. The van der Waals surface area contributed by atoms with E-state index in [1.54, 1.807) is 0 Å². The van der Waals surface area contributed by atoms with Crippen LogP contribution in [0, 0.1) is 0 Å². The van der Waals surface area contributed by atoms with Crippen LogP contribution in [-0.2, 0) is 4.79 Å². The molecule has 134 valence electrons. The van der Waals surface area contributed by atoms with Crippen LogP contribution in [0.15, 0.2) is 0 Å². The summed E-state index contributed by atoms with van der Waals surface area (Å²) in [4.78, 5) is 12.4. The molecule has 0 aromatic carbocycles. The molecule has 0 saturated carbocycles. The number of aliphatic carboxylic acids is 1. The van der Waals surface area contributed by atoms with Crippen molar-refractivity contribution in [3.63, 3.8) is 0 Å². The molecule has 0 rings (SSSR count). The van der Waals surface area contributed by atoms with Gasteiger partial charge in [-0.1, -0.05) is 90.4 Å². The van der Waals surface area contributed by atoms with E-state index in [2.05, 4.69) is 6.92 Å². The Labute approximate surface area is 166 Å². The second kappa shape index (κ2) is 20.5. The van der Waals surface area contributed by atoms with Crippen LogP contribution in [-0.4, -0.2) is 65.7 Å².